The van der Waals surface area contributed by atoms with Gasteiger partial charge in [0.15, 0.2) is 17.1 Å². The van der Waals surface area contributed by atoms with Gasteiger partial charge in [-0.3, -0.25) is 4.98 Å². The molecular weight excluding hydrogens is 480 g/mol. The summed E-state index contributed by atoms with van der Waals surface area (Å²) in [6, 6.07) is 6.04. The zero-order chi connectivity index (χ0) is 25.2. The maximum atomic E-state index is 15.6. The molecule has 1 unspecified atom stereocenters. The maximum absolute atomic E-state index is 15.6. The minimum atomic E-state index is -4.23. The Bertz CT molecular complexity index is 1380. The Balaban J connectivity index is 1.68. The van der Waals surface area contributed by atoms with Crippen molar-refractivity contribution < 1.29 is 35.9 Å². The van der Waals surface area contributed by atoms with Crippen LogP contribution in [0.2, 0.25) is 0 Å². The van der Waals surface area contributed by atoms with Gasteiger partial charge in [-0.15, -0.1) is 5.10 Å². The molecule has 0 aliphatic carbocycles. The van der Waals surface area contributed by atoms with E-state index in [0.717, 1.165) is 41.5 Å². The molecule has 35 heavy (non-hydrogen) atoms. The first-order chi connectivity index (χ1) is 16.6. The number of hydrogen-bond donors (Lipinski definition) is 1. The van der Waals surface area contributed by atoms with E-state index in [9.17, 15) is 22.7 Å². The largest absolute Gasteiger partial charge is 0.447 e. The summed E-state index contributed by atoms with van der Waals surface area (Å²) in [6.45, 7) is -0.996. The average molecular weight is 493 g/mol. The van der Waals surface area contributed by atoms with Crippen molar-refractivity contribution in [1.29, 1.82) is 0 Å². The van der Waals surface area contributed by atoms with E-state index in [-0.39, 0.29) is 11.3 Å². The first-order valence-corrected chi connectivity index (χ1v) is 9.73. The third-order valence-corrected chi connectivity index (χ3v) is 4.94. The highest BCUT2D eigenvalue weighted by atomic mass is 19.3. The molecule has 0 saturated carbocycles. The number of tetrazole rings is 1. The Labute approximate surface area is 193 Å². The zero-order valence-corrected chi connectivity index (χ0v) is 17.3. The van der Waals surface area contributed by atoms with Crippen LogP contribution in [-0.2, 0) is 18.1 Å². The third kappa shape index (κ3) is 4.73. The normalized spacial score (nSPS) is 13.4. The highest BCUT2D eigenvalue weighted by Crippen LogP contribution is 2.46. The van der Waals surface area contributed by atoms with Crippen molar-refractivity contribution in [3.63, 3.8) is 0 Å². The molecule has 0 fully saturated rings. The molecule has 0 saturated heterocycles. The molecule has 13 heteroatoms. The van der Waals surface area contributed by atoms with Gasteiger partial charge in [-0.1, -0.05) is 5.92 Å². The monoisotopic (exact) mass is 493 g/mol. The van der Waals surface area contributed by atoms with Crippen molar-refractivity contribution in [3.8, 4) is 11.8 Å². The number of alkyl halides is 4. The smallest absolute Gasteiger partial charge is 0.323 e. The average Bonchev–Trinajstić information content (AvgIpc) is 3.50. The lowest BCUT2D eigenvalue weighted by atomic mass is 9.84. The van der Waals surface area contributed by atoms with Gasteiger partial charge in [-0.2, -0.15) is 8.78 Å². The molecule has 1 aromatic carbocycles. The van der Waals surface area contributed by atoms with E-state index in [1.165, 1.54) is 6.07 Å². The second-order valence-electron chi connectivity index (χ2n) is 7.25. The van der Waals surface area contributed by atoms with E-state index in [2.05, 4.69) is 32.4 Å². The first kappa shape index (κ1) is 24.0. The van der Waals surface area contributed by atoms with Gasteiger partial charge in [-0.25, -0.2) is 22.2 Å². The highest BCUT2D eigenvalue weighted by molar-refractivity contribution is 5.40. The van der Waals surface area contributed by atoms with Crippen LogP contribution >= 0.6 is 0 Å². The molecule has 0 bridgehead atoms. The Kier molecular flexibility index (Phi) is 6.31. The number of halogens is 6. The van der Waals surface area contributed by atoms with Gasteiger partial charge < -0.3 is 9.52 Å². The van der Waals surface area contributed by atoms with Crippen LogP contribution in [0.3, 0.4) is 0 Å². The fraction of sp³-hybridized carbons (Fsp3) is 0.182. The summed E-state index contributed by atoms with van der Waals surface area (Å²) in [5.41, 5.74) is -5.02. The van der Waals surface area contributed by atoms with E-state index in [1.54, 1.807) is 0 Å². The number of pyridine rings is 1. The lowest BCUT2D eigenvalue weighted by Crippen LogP contribution is -2.48. The molecule has 3 heterocycles. The summed E-state index contributed by atoms with van der Waals surface area (Å²) in [4.78, 5) is 3.64. The van der Waals surface area contributed by atoms with Crippen molar-refractivity contribution in [1.82, 2.24) is 25.2 Å². The standard InChI is InChI=1S/C22H13F6N5O2/c23-14-3-6-16(17(24)9-14)21(34,11-33-12-30-31-32-33)22(27,28)19-8-2-13(10-29-19)1-4-15-5-7-18(35-15)20(25)26/h2-3,5-10,12,20,34H,11H2. The van der Waals surface area contributed by atoms with Crippen LogP contribution in [0.4, 0.5) is 26.3 Å². The Morgan fingerprint density at radius 1 is 1.06 bits per heavy atom. The Morgan fingerprint density at radius 2 is 1.86 bits per heavy atom. The summed E-state index contributed by atoms with van der Waals surface area (Å²) in [5, 5.41) is 21.1. The van der Waals surface area contributed by atoms with Crippen molar-refractivity contribution in [3.05, 3.63) is 95.0 Å². The molecule has 3 aromatic heterocycles. The number of rotatable bonds is 6. The molecule has 4 aromatic rings. The molecule has 7 nitrogen and oxygen atoms in total. The summed E-state index contributed by atoms with van der Waals surface area (Å²) in [5.74, 6) is -2.33. The minimum Gasteiger partial charge on any atom is -0.447 e. The zero-order valence-electron chi connectivity index (χ0n) is 17.3. The van der Waals surface area contributed by atoms with Crippen LogP contribution in [0, 0.1) is 23.5 Å². The van der Waals surface area contributed by atoms with Gasteiger partial charge >= 0.3 is 5.92 Å². The van der Waals surface area contributed by atoms with Crippen LogP contribution < -0.4 is 0 Å². The van der Waals surface area contributed by atoms with Crippen LogP contribution in [0.15, 0.2) is 59.4 Å². The summed E-state index contributed by atoms with van der Waals surface area (Å²) >= 11 is 0. The number of aromatic nitrogens is 5. The summed E-state index contributed by atoms with van der Waals surface area (Å²) in [7, 11) is 0. The predicted molar refractivity (Wildman–Crippen MR) is 106 cm³/mol. The van der Waals surface area contributed by atoms with E-state index < -0.39 is 53.1 Å². The van der Waals surface area contributed by atoms with Crippen molar-refractivity contribution >= 4 is 0 Å². The fourth-order valence-corrected chi connectivity index (χ4v) is 3.20. The molecule has 0 amide bonds. The third-order valence-electron chi connectivity index (χ3n) is 4.94. The van der Waals surface area contributed by atoms with E-state index >= 15 is 8.78 Å². The lowest BCUT2D eigenvalue weighted by molar-refractivity contribution is -0.207. The Hall–Kier alpha value is -4.18. The van der Waals surface area contributed by atoms with Crippen LogP contribution in [-0.4, -0.2) is 30.3 Å². The highest BCUT2D eigenvalue weighted by Gasteiger charge is 2.57. The van der Waals surface area contributed by atoms with Crippen molar-refractivity contribution in [2.75, 3.05) is 0 Å². The van der Waals surface area contributed by atoms with Gasteiger partial charge in [0, 0.05) is 23.4 Å². The summed E-state index contributed by atoms with van der Waals surface area (Å²) in [6.07, 6.45) is -0.930. The molecule has 0 radical (unpaired) electrons. The van der Waals surface area contributed by atoms with E-state index in [0.29, 0.717) is 12.1 Å². The number of nitrogens with zero attached hydrogens (tertiary/aromatic N) is 5. The quantitative estimate of drug-likeness (QED) is 0.323. The molecule has 4 rings (SSSR count). The van der Waals surface area contributed by atoms with Gasteiger partial charge in [0.2, 0.25) is 0 Å². The summed E-state index contributed by atoms with van der Waals surface area (Å²) < 4.78 is 90.0. The van der Waals surface area contributed by atoms with Gasteiger partial charge in [-0.05, 0) is 52.7 Å². The van der Waals surface area contributed by atoms with E-state index in [1.807, 2.05) is 0 Å². The van der Waals surface area contributed by atoms with Crippen LogP contribution in [0.25, 0.3) is 0 Å². The van der Waals surface area contributed by atoms with Crippen molar-refractivity contribution in [2.45, 2.75) is 24.5 Å². The fourth-order valence-electron chi connectivity index (χ4n) is 3.20. The molecular formula is C22H13F6N5O2. The first-order valence-electron chi connectivity index (χ1n) is 9.73. The van der Waals surface area contributed by atoms with E-state index in [4.69, 9.17) is 4.42 Å². The molecule has 1 N–H and O–H groups in total. The second kappa shape index (κ2) is 9.22. The number of furan rings is 1. The van der Waals surface area contributed by atoms with Gasteiger partial charge in [0.05, 0.1) is 6.54 Å². The van der Waals surface area contributed by atoms with Gasteiger partial charge in [0.1, 0.15) is 23.7 Å². The van der Waals surface area contributed by atoms with Crippen LogP contribution in [0.5, 0.6) is 0 Å². The topological polar surface area (TPSA) is 89.9 Å². The molecule has 0 aliphatic rings. The molecule has 1 atom stereocenters. The number of hydrogen-bond acceptors (Lipinski definition) is 6. The number of aliphatic hydroxyl groups is 1. The second-order valence-corrected chi connectivity index (χ2v) is 7.25. The molecule has 0 spiro atoms. The maximum Gasteiger partial charge on any atom is 0.323 e. The minimum absolute atomic E-state index is 0.0719. The predicted octanol–water partition coefficient (Wildman–Crippen LogP) is 3.96. The number of benzene rings is 1. The Morgan fingerprint density at radius 3 is 2.46 bits per heavy atom. The molecule has 180 valence electrons. The molecule has 0 aliphatic heterocycles. The SMILES string of the molecule is OC(Cn1cnnn1)(c1ccc(F)cc1F)C(F)(F)c1ccc(C#Cc2ccc(C(F)F)o2)cn1. The van der Waals surface area contributed by atoms with Gasteiger partial charge in [0.25, 0.3) is 6.43 Å². The van der Waals surface area contributed by atoms with Crippen molar-refractivity contribution in [2.24, 2.45) is 0 Å². The lowest BCUT2D eigenvalue weighted by Gasteiger charge is -2.35. The van der Waals surface area contributed by atoms with Crippen LogP contribution in [0.1, 0.15) is 34.8 Å².